The summed E-state index contributed by atoms with van der Waals surface area (Å²) in [4.78, 5) is 2.38. The molecule has 1 aromatic heterocycles. The van der Waals surface area contributed by atoms with E-state index in [9.17, 15) is 0 Å². The second-order valence-corrected chi connectivity index (χ2v) is 4.89. The summed E-state index contributed by atoms with van der Waals surface area (Å²) in [5, 5.41) is 11.5. The van der Waals surface area contributed by atoms with Crippen LogP contribution in [0.2, 0.25) is 0 Å². The predicted octanol–water partition coefficient (Wildman–Crippen LogP) is 1.03. The van der Waals surface area contributed by atoms with E-state index in [1.165, 1.54) is 12.8 Å². The van der Waals surface area contributed by atoms with Gasteiger partial charge in [0, 0.05) is 26.2 Å². The summed E-state index contributed by atoms with van der Waals surface area (Å²) in [6.45, 7) is 7.76. The molecule has 0 spiro atoms. The van der Waals surface area contributed by atoms with Crippen molar-refractivity contribution in [1.29, 1.82) is 0 Å². The summed E-state index contributed by atoms with van der Waals surface area (Å²) in [6.07, 6.45) is 4.35. The largest absolute Gasteiger partial charge is 0.355 e. The van der Waals surface area contributed by atoms with Crippen LogP contribution in [0, 0.1) is 5.92 Å². The van der Waals surface area contributed by atoms with E-state index in [0.717, 1.165) is 31.4 Å². The molecule has 1 unspecified atom stereocenters. The molecule has 0 radical (unpaired) electrons. The van der Waals surface area contributed by atoms with Gasteiger partial charge in [-0.15, -0.1) is 5.10 Å². The lowest BCUT2D eigenvalue weighted by molar-refractivity contribution is 0.313. The molecule has 96 valence electrons. The maximum atomic E-state index is 3.99. The second-order valence-electron chi connectivity index (χ2n) is 4.89. The molecule has 1 aliphatic rings. The van der Waals surface area contributed by atoms with E-state index in [4.69, 9.17) is 0 Å². The summed E-state index contributed by atoms with van der Waals surface area (Å²) in [7, 11) is 1.95. The first-order valence-electron chi connectivity index (χ1n) is 6.55. The molecule has 1 atom stereocenters. The highest BCUT2D eigenvalue weighted by atomic mass is 15.5. The third-order valence-corrected chi connectivity index (χ3v) is 3.79. The van der Waals surface area contributed by atoms with Gasteiger partial charge in [-0.05, 0) is 32.2 Å². The van der Waals surface area contributed by atoms with Crippen LogP contribution in [0.25, 0.3) is 0 Å². The number of hydrogen-bond donors (Lipinski definition) is 1. The van der Waals surface area contributed by atoms with Gasteiger partial charge in [-0.1, -0.05) is 12.1 Å². The summed E-state index contributed by atoms with van der Waals surface area (Å²) in [6, 6.07) is 0.631. The number of aryl methyl sites for hydroxylation is 1. The molecule has 2 heterocycles. The van der Waals surface area contributed by atoms with Gasteiger partial charge in [0.25, 0.3) is 0 Å². The predicted molar refractivity (Wildman–Crippen MR) is 69.1 cm³/mol. The maximum Gasteiger partial charge on any atom is 0.147 e. The average molecular weight is 237 g/mol. The minimum Gasteiger partial charge on any atom is -0.355 e. The van der Waals surface area contributed by atoms with E-state index in [2.05, 4.69) is 34.4 Å². The Hall–Kier alpha value is -1.10. The zero-order chi connectivity index (χ0) is 12.3. The van der Waals surface area contributed by atoms with Crippen molar-refractivity contribution in [2.75, 3.05) is 24.5 Å². The van der Waals surface area contributed by atoms with Crippen LogP contribution in [0.3, 0.4) is 0 Å². The molecule has 0 amide bonds. The number of nitrogens with one attached hydrogen (secondary N) is 1. The van der Waals surface area contributed by atoms with E-state index in [1.807, 2.05) is 17.9 Å². The molecule has 0 bridgehead atoms. The number of anilines is 1. The highest BCUT2D eigenvalue weighted by Gasteiger charge is 2.24. The first-order valence-corrected chi connectivity index (χ1v) is 6.55. The smallest absolute Gasteiger partial charge is 0.147 e. The zero-order valence-electron chi connectivity index (χ0n) is 11.1. The minimum atomic E-state index is 0.631. The quantitative estimate of drug-likeness (QED) is 0.849. The van der Waals surface area contributed by atoms with E-state index < -0.39 is 0 Å². The molecule has 2 rings (SSSR count). The molecule has 1 aliphatic heterocycles. The Kier molecular flexibility index (Phi) is 3.99. The van der Waals surface area contributed by atoms with E-state index >= 15 is 0 Å². The van der Waals surface area contributed by atoms with Crippen LogP contribution in [0.1, 0.15) is 26.7 Å². The van der Waals surface area contributed by atoms with Crippen molar-refractivity contribution in [3.8, 4) is 0 Å². The van der Waals surface area contributed by atoms with Crippen LogP contribution < -0.4 is 10.2 Å². The first-order chi connectivity index (χ1) is 8.22. The molecule has 1 aromatic rings. The number of nitrogens with zero attached hydrogens (tertiary/aromatic N) is 4. The molecule has 0 saturated carbocycles. The first kappa shape index (κ1) is 12.4. The molecule has 17 heavy (non-hydrogen) atoms. The van der Waals surface area contributed by atoms with E-state index in [-0.39, 0.29) is 0 Å². The van der Waals surface area contributed by atoms with E-state index in [1.54, 1.807) is 0 Å². The maximum absolute atomic E-state index is 3.99. The van der Waals surface area contributed by atoms with Crippen LogP contribution in [0.15, 0.2) is 6.20 Å². The molecular formula is C12H23N5. The third-order valence-electron chi connectivity index (χ3n) is 3.79. The van der Waals surface area contributed by atoms with Gasteiger partial charge in [-0.2, -0.15) is 0 Å². The van der Waals surface area contributed by atoms with Crippen LogP contribution in [-0.2, 0) is 7.05 Å². The van der Waals surface area contributed by atoms with Crippen molar-refractivity contribution in [2.24, 2.45) is 13.0 Å². The fourth-order valence-electron chi connectivity index (χ4n) is 2.69. The lowest BCUT2D eigenvalue weighted by Crippen LogP contribution is -2.42. The number of aromatic nitrogens is 3. The second kappa shape index (κ2) is 5.49. The lowest BCUT2D eigenvalue weighted by Gasteiger charge is -2.35. The van der Waals surface area contributed by atoms with Crippen molar-refractivity contribution in [3.05, 3.63) is 6.20 Å². The molecule has 5 heteroatoms. The van der Waals surface area contributed by atoms with Crippen LogP contribution in [0.5, 0.6) is 0 Å². The Morgan fingerprint density at radius 1 is 1.47 bits per heavy atom. The zero-order valence-corrected chi connectivity index (χ0v) is 11.1. The number of piperidine rings is 1. The Balaban J connectivity index is 1.88. The summed E-state index contributed by atoms with van der Waals surface area (Å²) >= 11 is 0. The Morgan fingerprint density at radius 2 is 2.18 bits per heavy atom. The SMILES string of the molecule is CCNC(C)C1CCN(c2cnnn2C)CC1. The fourth-order valence-corrected chi connectivity index (χ4v) is 2.69. The van der Waals surface area contributed by atoms with Gasteiger partial charge in [0.1, 0.15) is 5.82 Å². The van der Waals surface area contributed by atoms with Gasteiger partial charge in [0.2, 0.25) is 0 Å². The summed E-state index contributed by atoms with van der Waals surface area (Å²) in [5.41, 5.74) is 0. The lowest BCUT2D eigenvalue weighted by atomic mass is 9.90. The van der Waals surface area contributed by atoms with Crippen molar-refractivity contribution in [1.82, 2.24) is 20.3 Å². The molecule has 1 N–H and O–H groups in total. The van der Waals surface area contributed by atoms with Crippen molar-refractivity contribution < 1.29 is 0 Å². The highest BCUT2D eigenvalue weighted by Crippen LogP contribution is 2.24. The average Bonchev–Trinajstić information content (AvgIpc) is 2.76. The molecule has 5 nitrogen and oxygen atoms in total. The van der Waals surface area contributed by atoms with Gasteiger partial charge < -0.3 is 10.2 Å². The van der Waals surface area contributed by atoms with Gasteiger partial charge >= 0.3 is 0 Å². The van der Waals surface area contributed by atoms with Gasteiger partial charge in [-0.25, -0.2) is 4.68 Å². The molecule has 0 aliphatic carbocycles. The van der Waals surface area contributed by atoms with Gasteiger partial charge in [0.15, 0.2) is 0 Å². The van der Waals surface area contributed by atoms with E-state index in [0.29, 0.717) is 6.04 Å². The number of hydrogen-bond acceptors (Lipinski definition) is 4. The van der Waals surface area contributed by atoms with Crippen LogP contribution in [-0.4, -0.2) is 40.7 Å². The standard InChI is InChI=1S/C12H23N5/c1-4-13-10(2)11-5-7-17(8-6-11)12-9-14-15-16(12)3/h9-11,13H,4-8H2,1-3H3. The molecule has 1 saturated heterocycles. The fraction of sp³-hybridized carbons (Fsp3) is 0.833. The highest BCUT2D eigenvalue weighted by molar-refractivity contribution is 5.36. The number of rotatable bonds is 4. The Bertz CT molecular complexity index is 340. The summed E-state index contributed by atoms with van der Waals surface area (Å²) < 4.78 is 1.86. The van der Waals surface area contributed by atoms with Gasteiger partial charge in [-0.3, -0.25) is 0 Å². The van der Waals surface area contributed by atoms with Gasteiger partial charge in [0.05, 0.1) is 6.20 Å². The normalized spacial score (nSPS) is 19.6. The van der Waals surface area contributed by atoms with Crippen molar-refractivity contribution >= 4 is 5.82 Å². The molecular weight excluding hydrogens is 214 g/mol. The Morgan fingerprint density at radius 3 is 2.71 bits per heavy atom. The minimum absolute atomic E-state index is 0.631. The Labute approximate surface area is 103 Å². The summed E-state index contributed by atoms with van der Waals surface area (Å²) in [5.74, 6) is 1.94. The van der Waals surface area contributed by atoms with Crippen molar-refractivity contribution in [2.45, 2.75) is 32.7 Å². The third kappa shape index (κ3) is 2.77. The monoisotopic (exact) mass is 237 g/mol. The topological polar surface area (TPSA) is 46.0 Å². The van der Waals surface area contributed by atoms with Crippen LogP contribution >= 0.6 is 0 Å². The molecule has 1 fully saturated rings. The molecule has 0 aromatic carbocycles. The van der Waals surface area contributed by atoms with Crippen molar-refractivity contribution in [3.63, 3.8) is 0 Å². The van der Waals surface area contributed by atoms with Crippen LogP contribution in [0.4, 0.5) is 5.82 Å².